The first-order chi connectivity index (χ1) is 14.9. The summed E-state index contributed by atoms with van der Waals surface area (Å²) < 4.78 is 44.2. The minimum absolute atomic E-state index is 0.0247. The smallest absolute Gasteiger partial charge is 0.414 e. The summed E-state index contributed by atoms with van der Waals surface area (Å²) in [5.41, 5.74) is 2.91. The number of benzene rings is 2. The summed E-state index contributed by atoms with van der Waals surface area (Å²) in [7, 11) is -0.969. The summed E-state index contributed by atoms with van der Waals surface area (Å²) in [6.07, 6.45) is 0.613. The topological polar surface area (TPSA) is 85.4 Å². The van der Waals surface area contributed by atoms with Gasteiger partial charge in [0.15, 0.2) is 4.90 Å². The van der Waals surface area contributed by atoms with Crippen LogP contribution in [0.15, 0.2) is 41.3 Å². The highest BCUT2D eigenvalue weighted by Gasteiger charge is 2.38. The van der Waals surface area contributed by atoms with Crippen LogP contribution in [0.25, 0.3) is 0 Å². The van der Waals surface area contributed by atoms with Gasteiger partial charge in [-0.1, -0.05) is 23.8 Å². The molecule has 8 nitrogen and oxygen atoms in total. The summed E-state index contributed by atoms with van der Waals surface area (Å²) in [4.78, 5) is 14.2. The molecule has 0 aromatic heterocycles. The molecule has 0 N–H and O–H groups in total. The summed E-state index contributed by atoms with van der Waals surface area (Å²) in [5.74, 6) is 0.482. The van der Waals surface area contributed by atoms with Crippen molar-refractivity contribution in [1.82, 2.24) is 4.31 Å². The third-order valence-electron chi connectivity index (χ3n) is 5.81. The molecule has 4 rings (SSSR count). The Morgan fingerprint density at radius 2 is 1.68 bits per heavy atom. The van der Waals surface area contributed by atoms with E-state index in [1.165, 1.54) is 18.5 Å². The van der Waals surface area contributed by atoms with Gasteiger partial charge in [0, 0.05) is 24.7 Å². The zero-order valence-corrected chi connectivity index (χ0v) is 18.6. The normalized spacial score (nSPS) is 17.8. The Hall–Kier alpha value is -2.78. The Morgan fingerprint density at radius 1 is 1.03 bits per heavy atom. The minimum atomic E-state index is -3.83. The second-order valence-corrected chi connectivity index (χ2v) is 9.56. The summed E-state index contributed by atoms with van der Waals surface area (Å²) in [6, 6.07) is 10.7. The van der Waals surface area contributed by atoms with Gasteiger partial charge in [-0.25, -0.2) is 13.2 Å². The number of amides is 1. The lowest BCUT2D eigenvalue weighted by Gasteiger charge is -2.40. The van der Waals surface area contributed by atoms with E-state index in [4.69, 9.17) is 14.2 Å². The lowest BCUT2D eigenvalue weighted by Crippen LogP contribution is -2.50. The number of piperidine rings is 1. The maximum Gasteiger partial charge on any atom is 0.414 e. The number of cyclic esters (lactones) is 1. The Balaban J connectivity index is 1.57. The number of methoxy groups -OCH3 is 2. The van der Waals surface area contributed by atoms with Crippen LogP contribution in [0.3, 0.4) is 0 Å². The van der Waals surface area contributed by atoms with Crippen molar-refractivity contribution in [3.63, 3.8) is 0 Å². The highest BCUT2D eigenvalue weighted by atomic mass is 32.2. The molecule has 166 valence electrons. The van der Waals surface area contributed by atoms with Gasteiger partial charge in [0.05, 0.1) is 19.9 Å². The number of carbonyl (C=O) groups excluding carboxylic acids is 1. The van der Waals surface area contributed by atoms with E-state index >= 15 is 0 Å². The van der Waals surface area contributed by atoms with Crippen molar-refractivity contribution < 1.29 is 27.4 Å². The molecule has 2 aromatic carbocycles. The molecule has 0 radical (unpaired) electrons. The van der Waals surface area contributed by atoms with Crippen molar-refractivity contribution >= 4 is 21.8 Å². The number of nitrogens with zero attached hydrogens (tertiary/aromatic N) is 2. The minimum Gasteiger partial charge on any atom is -0.495 e. The van der Waals surface area contributed by atoms with Gasteiger partial charge >= 0.3 is 6.09 Å². The molecular formula is C22H26N2O6S. The molecule has 2 aliphatic heterocycles. The number of hydrogen-bond donors (Lipinski definition) is 0. The van der Waals surface area contributed by atoms with Gasteiger partial charge in [0.1, 0.15) is 18.1 Å². The van der Waals surface area contributed by atoms with Crippen molar-refractivity contribution in [2.45, 2.75) is 37.3 Å². The van der Waals surface area contributed by atoms with Crippen LogP contribution in [0.4, 0.5) is 10.5 Å². The van der Waals surface area contributed by atoms with Gasteiger partial charge in [-0.2, -0.15) is 4.31 Å². The molecule has 2 heterocycles. The second-order valence-electron chi connectivity index (χ2n) is 7.68. The maximum atomic E-state index is 13.4. The Labute approximate surface area is 182 Å². The van der Waals surface area contributed by atoms with Crippen LogP contribution in [0, 0.1) is 6.92 Å². The highest BCUT2D eigenvalue weighted by Crippen LogP contribution is 2.37. The largest absolute Gasteiger partial charge is 0.495 e. The van der Waals surface area contributed by atoms with E-state index in [1.54, 1.807) is 23.1 Å². The van der Waals surface area contributed by atoms with Gasteiger partial charge in [-0.3, -0.25) is 4.90 Å². The maximum absolute atomic E-state index is 13.4. The third-order valence-corrected chi connectivity index (χ3v) is 7.77. The fourth-order valence-electron chi connectivity index (χ4n) is 4.26. The number of hydrogen-bond acceptors (Lipinski definition) is 6. The quantitative estimate of drug-likeness (QED) is 0.701. The highest BCUT2D eigenvalue weighted by molar-refractivity contribution is 7.89. The predicted molar refractivity (Wildman–Crippen MR) is 115 cm³/mol. The molecule has 2 aliphatic rings. The monoisotopic (exact) mass is 446 g/mol. The number of ether oxygens (including phenoxy) is 3. The van der Waals surface area contributed by atoms with E-state index in [0.717, 1.165) is 16.8 Å². The molecule has 31 heavy (non-hydrogen) atoms. The van der Waals surface area contributed by atoms with Crippen LogP contribution in [0.5, 0.6) is 11.5 Å². The summed E-state index contributed by atoms with van der Waals surface area (Å²) in [6.45, 7) is 2.81. The van der Waals surface area contributed by atoms with Gasteiger partial charge in [0.25, 0.3) is 0 Å². The Kier molecular flexibility index (Phi) is 5.81. The number of sulfonamides is 1. The Bertz CT molecular complexity index is 1070. The van der Waals surface area contributed by atoms with E-state index < -0.39 is 10.0 Å². The molecule has 1 fully saturated rings. The van der Waals surface area contributed by atoms with Crippen molar-refractivity contribution in [3.05, 3.63) is 47.5 Å². The molecule has 1 amide bonds. The molecule has 1 saturated heterocycles. The van der Waals surface area contributed by atoms with Crippen molar-refractivity contribution in [2.24, 2.45) is 0 Å². The van der Waals surface area contributed by atoms with E-state index in [-0.39, 0.29) is 48.2 Å². The predicted octanol–water partition coefficient (Wildman–Crippen LogP) is 3.32. The molecule has 9 heteroatoms. The Morgan fingerprint density at radius 3 is 2.29 bits per heavy atom. The number of rotatable bonds is 5. The van der Waals surface area contributed by atoms with Crippen molar-refractivity contribution in [1.29, 1.82) is 0 Å². The summed E-state index contributed by atoms with van der Waals surface area (Å²) >= 11 is 0. The van der Waals surface area contributed by atoms with Crippen LogP contribution in [-0.4, -0.2) is 52.2 Å². The first-order valence-corrected chi connectivity index (χ1v) is 11.6. The van der Waals surface area contributed by atoms with Crippen LogP contribution in [-0.2, 0) is 21.4 Å². The fraction of sp³-hybridized carbons (Fsp3) is 0.409. The lowest BCUT2D eigenvalue weighted by molar-refractivity contribution is 0.135. The van der Waals surface area contributed by atoms with Crippen LogP contribution >= 0.6 is 0 Å². The number of aryl methyl sites for hydroxylation is 1. The second kappa shape index (κ2) is 8.39. The first-order valence-electron chi connectivity index (χ1n) is 10.1. The molecule has 0 atom stereocenters. The number of anilines is 1. The fourth-order valence-corrected chi connectivity index (χ4v) is 6.02. The van der Waals surface area contributed by atoms with Gasteiger partial charge in [-0.15, -0.1) is 0 Å². The van der Waals surface area contributed by atoms with E-state index in [9.17, 15) is 13.2 Å². The lowest BCUT2D eigenvalue weighted by atomic mass is 10.0. The molecule has 2 aromatic rings. The molecule has 0 unspecified atom stereocenters. The van der Waals surface area contributed by atoms with E-state index in [2.05, 4.69) is 0 Å². The molecule has 0 spiro atoms. The van der Waals surface area contributed by atoms with E-state index in [0.29, 0.717) is 12.8 Å². The molecule has 0 bridgehead atoms. The van der Waals surface area contributed by atoms with Gasteiger partial charge < -0.3 is 14.2 Å². The molecule has 0 saturated carbocycles. The van der Waals surface area contributed by atoms with Crippen molar-refractivity contribution in [2.75, 3.05) is 32.2 Å². The third kappa shape index (κ3) is 3.83. The van der Waals surface area contributed by atoms with Crippen molar-refractivity contribution in [3.8, 4) is 11.5 Å². The zero-order valence-electron chi connectivity index (χ0n) is 17.8. The van der Waals surface area contributed by atoms with E-state index in [1.807, 2.05) is 25.1 Å². The molecule has 0 aliphatic carbocycles. The number of fused-ring (bicyclic) bond motifs is 1. The average Bonchev–Trinajstić information content (AvgIpc) is 2.78. The van der Waals surface area contributed by atoms with Crippen LogP contribution in [0.1, 0.15) is 24.0 Å². The van der Waals surface area contributed by atoms with Gasteiger partial charge in [0.2, 0.25) is 10.0 Å². The standard InChI is InChI=1S/C22H26N2O6S/c1-15-7-8-18-16(13-15)14-30-22(25)24(18)17-9-11-23(12-10-17)31(26,27)21-19(28-2)5-4-6-20(21)29-3/h4-8,13,17H,9-12,14H2,1-3H3. The SMILES string of the molecule is COc1cccc(OC)c1S(=O)(=O)N1CCC(N2C(=O)OCc3cc(C)ccc32)CC1. The first kappa shape index (κ1) is 21.5. The summed E-state index contributed by atoms with van der Waals surface area (Å²) in [5, 5.41) is 0. The number of carbonyl (C=O) groups is 1. The average molecular weight is 447 g/mol. The van der Waals surface area contributed by atoms with Crippen LogP contribution in [0.2, 0.25) is 0 Å². The zero-order chi connectivity index (χ0) is 22.2. The molecular weight excluding hydrogens is 420 g/mol. The van der Waals surface area contributed by atoms with Crippen LogP contribution < -0.4 is 14.4 Å². The van der Waals surface area contributed by atoms with Gasteiger partial charge in [-0.05, 0) is 38.0 Å².